The third-order valence-corrected chi connectivity index (χ3v) is 4.90. The van der Waals surface area contributed by atoms with Gasteiger partial charge in [0.2, 0.25) is 0 Å². The Balaban J connectivity index is 0.000000166. The van der Waals surface area contributed by atoms with Gasteiger partial charge >= 0.3 is 0 Å². The Labute approximate surface area is 154 Å². The zero-order chi connectivity index (χ0) is 18.5. The number of hydrogen-bond acceptors (Lipinski definition) is 5. The second-order valence-electron chi connectivity index (χ2n) is 5.00. The average Bonchev–Trinajstić information content (AvgIpc) is 3.28. The van der Waals surface area contributed by atoms with Gasteiger partial charge in [0.25, 0.3) is 10.0 Å². The van der Waals surface area contributed by atoms with Crippen molar-refractivity contribution in [3.8, 4) is 0 Å². The van der Waals surface area contributed by atoms with Gasteiger partial charge in [-0.05, 0) is 36.4 Å². The third-order valence-electron chi connectivity index (χ3n) is 3.14. The molecule has 7 heteroatoms. The normalized spacial score (nSPS) is 12.4. The minimum Gasteiger partial charge on any atom is -0.273 e. The van der Waals surface area contributed by atoms with Crippen LogP contribution in [0.3, 0.4) is 0 Å². The van der Waals surface area contributed by atoms with Crippen LogP contribution in [0.25, 0.3) is 0 Å². The molecule has 26 heavy (non-hydrogen) atoms. The van der Waals surface area contributed by atoms with Gasteiger partial charge in [-0.25, -0.2) is 8.42 Å². The molecular weight excluding hydrogens is 348 g/mol. The first kappa shape index (κ1) is 19.3. The van der Waals surface area contributed by atoms with Gasteiger partial charge in [0, 0.05) is 24.8 Å². The van der Waals surface area contributed by atoms with E-state index in [1.165, 1.54) is 10.6 Å². The minimum absolute atomic E-state index is 0.313. The molecule has 0 unspecified atom stereocenters. The van der Waals surface area contributed by atoms with Crippen LogP contribution in [-0.4, -0.2) is 42.1 Å². The highest BCUT2D eigenvalue weighted by Crippen LogP contribution is 2.14. The number of benzene rings is 1. The largest absolute Gasteiger partial charge is 0.273 e. The summed E-state index contributed by atoms with van der Waals surface area (Å²) in [6.45, 7) is 0.989. The fraction of sp³-hybridized carbons (Fsp3) is 0.105. The highest BCUT2D eigenvalue weighted by Gasteiger charge is 2.23. The number of aromatic nitrogens is 2. The summed E-state index contributed by atoms with van der Waals surface area (Å²) in [7, 11) is -3.35. The van der Waals surface area contributed by atoms with Crippen molar-refractivity contribution in [2.45, 2.75) is 4.90 Å². The lowest BCUT2D eigenvalue weighted by molar-refractivity contribution is 0.541. The summed E-state index contributed by atoms with van der Waals surface area (Å²) < 4.78 is 25.0. The van der Waals surface area contributed by atoms with Gasteiger partial charge in [-0.3, -0.25) is 19.3 Å². The van der Waals surface area contributed by atoms with Crippen molar-refractivity contribution < 1.29 is 8.42 Å². The highest BCUT2D eigenvalue weighted by atomic mass is 32.2. The maximum absolute atomic E-state index is 11.9. The predicted molar refractivity (Wildman–Crippen MR) is 102 cm³/mol. The van der Waals surface area contributed by atoms with E-state index in [-0.39, 0.29) is 0 Å². The van der Waals surface area contributed by atoms with E-state index in [0.717, 1.165) is 0 Å². The molecule has 0 saturated heterocycles. The van der Waals surface area contributed by atoms with Gasteiger partial charge in [0.15, 0.2) is 0 Å². The quantitative estimate of drug-likeness (QED) is 0.697. The Morgan fingerprint density at radius 1 is 0.731 bits per heavy atom. The molecule has 2 aromatic heterocycles. The molecule has 0 N–H and O–H groups in total. The number of rotatable bonds is 2. The van der Waals surface area contributed by atoms with E-state index >= 15 is 0 Å². The van der Waals surface area contributed by atoms with E-state index < -0.39 is 10.0 Å². The number of hydrogen-bond donors (Lipinski definition) is 0. The van der Waals surface area contributed by atoms with Gasteiger partial charge in [0.05, 0.1) is 24.3 Å². The Bertz CT molecular complexity index is 773. The molecule has 0 radical (unpaired) electrons. The Kier molecular flexibility index (Phi) is 7.95. The molecule has 0 bridgehead atoms. The van der Waals surface area contributed by atoms with Crippen LogP contribution >= 0.6 is 0 Å². The molecule has 3 heterocycles. The number of aliphatic imine (C=N–C) groups is 1. The Morgan fingerprint density at radius 3 is 1.58 bits per heavy atom. The second kappa shape index (κ2) is 10.7. The molecule has 0 amide bonds. The van der Waals surface area contributed by atoms with Crippen molar-refractivity contribution in [3.05, 3.63) is 91.5 Å². The summed E-state index contributed by atoms with van der Waals surface area (Å²) in [5.74, 6) is 0. The summed E-state index contributed by atoms with van der Waals surface area (Å²) in [5.41, 5.74) is 0. The SMILES string of the molecule is O=S(=O)(c1ccccc1)N1C=NCC1.c1ccncc1.c1ccncc1. The smallest absolute Gasteiger partial charge is 0.265 e. The predicted octanol–water partition coefficient (Wildman–Crippen LogP) is 2.88. The molecule has 0 spiro atoms. The van der Waals surface area contributed by atoms with Gasteiger partial charge in [0.1, 0.15) is 0 Å². The summed E-state index contributed by atoms with van der Waals surface area (Å²) in [5, 5.41) is 0. The summed E-state index contributed by atoms with van der Waals surface area (Å²) in [6, 6.07) is 19.8. The van der Waals surface area contributed by atoms with Crippen LogP contribution in [0.15, 0.2) is 101 Å². The van der Waals surface area contributed by atoms with E-state index in [0.29, 0.717) is 18.0 Å². The van der Waals surface area contributed by atoms with E-state index in [2.05, 4.69) is 15.0 Å². The standard InChI is InChI=1S/C9H10N2O2S.2C5H5N/c12-14(13,11-7-6-10-8-11)9-4-2-1-3-5-9;2*1-2-4-6-5-3-1/h1-5,8H,6-7H2;2*1-5H. The second-order valence-corrected chi connectivity index (χ2v) is 6.89. The van der Waals surface area contributed by atoms with Crippen LogP contribution in [0, 0.1) is 0 Å². The zero-order valence-electron chi connectivity index (χ0n) is 14.2. The van der Waals surface area contributed by atoms with Gasteiger partial charge < -0.3 is 0 Å². The molecule has 134 valence electrons. The van der Waals surface area contributed by atoms with E-state index in [9.17, 15) is 8.42 Å². The number of nitrogens with zero attached hydrogens (tertiary/aromatic N) is 4. The molecule has 1 aliphatic rings. The number of sulfonamides is 1. The minimum atomic E-state index is -3.35. The van der Waals surface area contributed by atoms with Crippen molar-refractivity contribution >= 4 is 16.4 Å². The molecule has 1 aromatic carbocycles. The highest BCUT2D eigenvalue weighted by molar-refractivity contribution is 7.89. The Hall–Kier alpha value is -3.06. The molecule has 0 aliphatic carbocycles. The van der Waals surface area contributed by atoms with Crippen LogP contribution in [0.5, 0.6) is 0 Å². The fourth-order valence-corrected chi connectivity index (χ4v) is 3.18. The maximum Gasteiger partial charge on any atom is 0.265 e. The van der Waals surface area contributed by atoms with Crippen LogP contribution in [0.2, 0.25) is 0 Å². The molecule has 1 aliphatic heterocycles. The van der Waals surface area contributed by atoms with Crippen LogP contribution in [-0.2, 0) is 10.0 Å². The molecule has 0 fully saturated rings. The Morgan fingerprint density at radius 2 is 1.23 bits per heavy atom. The zero-order valence-corrected chi connectivity index (χ0v) is 15.0. The van der Waals surface area contributed by atoms with Crippen molar-refractivity contribution in [1.29, 1.82) is 0 Å². The lowest BCUT2D eigenvalue weighted by Crippen LogP contribution is -2.27. The van der Waals surface area contributed by atoms with Gasteiger partial charge in [-0.2, -0.15) is 0 Å². The lowest BCUT2D eigenvalue weighted by atomic mass is 10.4. The first-order valence-electron chi connectivity index (χ1n) is 7.98. The molecule has 4 rings (SSSR count). The van der Waals surface area contributed by atoms with Crippen molar-refractivity contribution in [2.24, 2.45) is 4.99 Å². The van der Waals surface area contributed by atoms with E-state index in [1.807, 2.05) is 36.4 Å². The topological polar surface area (TPSA) is 75.5 Å². The van der Waals surface area contributed by atoms with Crippen molar-refractivity contribution in [2.75, 3.05) is 13.1 Å². The first-order valence-corrected chi connectivity index (χ1v) is 9.42. The van der Waals surface area contributed by atoms with Gasteiger partial charge in [-0.15, -0.1) is 0 Å². The van der Waals surface area contributed by atoms with Crippen LogP contribution in [0.4, 0.5) is 0 Å². The van der Waals surface area contributed by atoms with Crippen LogP contribution in [0.1, 0.15) is 0 Å². The summed E-state index contributed by atoms with van der Waals surface area (Å²) >= 11 is 0. The molecule has 0 saturated carbocycles. The summed E-state index contributed by atoms with van der Waals surface area (Å²) in [4.78, 5) is 11.8. The molecule has 3 aromatic rings. The third kappa shape index (κ3) is 6.45. The van der Waals surface area contributed by atoms with Gasteiger partial charge in [-0.1, -0.05) is 30.3 Å². The van der Waals surface area contributed by atoms with E-state index in [4.69, 9.17) is 0 Å². The van der Waals surface area contributed by atoms with E-state index in [1.54, 1.807) is 55.1 Å². The maximum atomic E-state index is 11.9. The lowest BCUT2D eigenvalue weighted by Gasteiger charge is -2.13. The number of pyridine rings is 2. The average molecular weight is 368 g/mol. The molecular formula is C19H20N4O2S. The van der Waals surface area contributed by atoms with Crippen molar-refractivity contribution in [3.63, 3.8) is 0 Å². The van der Waals surface area contributed by atoms with Crippen LogP contribution < -0.4 is 0 Å². The molecule has 0 atom stereocenters. The van der Waals surface area contributed by atoms with Crippen molar-refractivity contribution in [1.82, 2.24) is 14.3 Å². The first-order chi connectivity index (χ1) is 12.7. The monoisotopic (exact) mass is 368 g/mol. The molecule has 6 nitrogen and oxygen atoms in total. The summed E-state index contributed by atoms with van der Waals surface area (Å²) in [6.07, 6.45) is 8.38. The fourth-order valence-electron chi connectivity index (χ4n) is 1.90.